The number of aromatic nitrogens is 2. The number of benzene rings is 1. The van der Waals surface area contributed by atoms with Crippen LogP contribution in [-0.2, 0) is 0 Å². The highest BCUT2D eigenvalue weighted by Gasteiger charge is 2.06. The fourth-order valence-electron chi connectivity index (χ4n) is 0.986. The van der Waals surface area contributed by atoms with E-state index >= 15 is 0 Å². The molecule has 0 unspecified atom stereocenters. The molecule has 2 aromatic rings. The third kappa shape index (κ3) is 2.62. The van der Waals surface area contributed by atoms with Gasteiger partial charge in [0.2, 0.25) is 0 Å². The summed E-state index contributed by atoms with van der Waals surface area (Å²) >= 11 is 8.44. The Hall–Kier alpha value is -0.780. The van der Waals surface area contributed by atoms with Gasteiger partial charge in [-0.05, 0) is 24.3 Å². The van der Waals surface area contributed by atoms with Crippen molar-refractivity contribution in [3.8, 4) is 5.75 Å². The van der Waals surface area contributed by atoms with Gasteiger partial charge in [-0.15, -0.1) is 0 Å². The zero-order valence-electron chi connectivity index (χ0n) is 7.81. The first kappa shape index (κ1) is 10.7. The van der Waals surface area contributed by atoms with E-state index in [0.29, 0.717) is 5.15 Å². The van der Waals surface area contributed by atoms with Gasteiger partial charge in [0.1, 0.15) is 5.75 Å². The molecule has 0 bridgehead atoms. The van der Waals surface area contributed by atoms with Gasteiger partial charge in [-0.25, -0.2) is 0 Å². The summed E-state index contributed by atoms with van der Waals surface area (Å²) in [4.78, 5) is 1.06. The molecule has 0 fully saturated rings. The van der Waals surface area contributed by atoms with Crippen LogP contribution in [0, 0.1) is 0 Å². The number of ether oxygens (including phenoxy) is 1. The Morgan fingerprint density at radius 3 is 2.53 bits per heavy atom. The van der Waals surface area contributed by atoms with Gasteiger partial charge in [-0.2, -0.15) is 8.75 Å². The topological polar surface area (TPSA) is 35.0 Å². The van der Waals surface area contributed by atoms with Crippen molar-refractivity contribution in [2.24, 2.45) is 0 Å². The summed E-state index contributed by atoms with van der Waals surface area (Å²) in [7, 11) is 1.64. The van der Waals surface area contributed by atoms with Crippen molar-refractivity contribution >= 4 is 35.1 Å². The first-order valence-electron chi connectivity index (χ1n) is 4.09. The lowest BCUT2D eigenvalue weighted by molar-refractivity contribution is 0.414. The summed E-state index contributed by atoms with van der Waals surface area (Å²) in [5, 5.41) is 1.20. The largest absolute Gasteiger partial charge is 0.497 e. The Morgan fingerprint density at radius 2 is 2.00 bits per heavy atom. The van der Waals surface area contributed by atoms with Crippen LogP contribution in [0.3, 0.4) is 0 Å². The maximum Gasteiger partial charge on any atom is 0.177 e. The van der Waals surface area contributed by atoms with E-state index in [0.717, 1.165) is 27.4 Å². The summed E-state index contributed by atoms with van der Waals surface area (Å²) in [5.74, 6) is 0.835. The Balaban J connectivity index is 2.14. The summed E-state index contributed by atoms with van der Waals surface area (Å²) in [5.41, 5.74) is 0. The number of hydrogen-bond donors (Lipinski definition) is 0. The lowest BCUT2D eigenvalue weighted by Gasteiger charge is -2.00. The molecule has 6 heteroatoms. The van der Waals surface area contributed by atoms with Gasteiger partial charge in [0, 0.05) is 4.90 Å². The Bertz CT molecular complexity index is 444. The molecule has 0 saturated carbocycles. The molecule has 2 rings (SSSR count). The highest BCUT2D eigenvalue weighted by molar-refractivity contribution is 7.99. The van der Waals surface area contributed by atoms with E-state index in [1.54, 1.807) is 7.11 Å². The van der Waals surface area contributed by atoms with Crippen molar-refractivity contribution in [2.45, 2.75) is 9.92 Å². The lowest BCUT2D eigenvalue weighted by Crippen LogP contribution is -1.81. The number of nitrogens with zero attached hydrogens (tertiary/aromatic N) is 2. The number of hydrogen-bond acceptors (Lipinski definition) is 5. The van der Waals surface area contributed by atoms with Crippen molar-refractivity contribution in [2.75, 3.05) is 7.11 Å². The Morgan fingerprint density at radius 1 is 1.27 bits per heavy atom. The Labute approximate surface area is 101 Å². The van der Waals surface area contributed by atoms with Crippen LogP contribution in [0.15, 0.2) is 34.2 Å². The molecule has 1 heterocycles. The Kier molecular flexibility index (Phi) is 3.45. The maximum absolute atomic E-state index is 5.84. The van der Waals surface area contributed by atoms with Crippen molar-refractivity contribution in [1.29, 1.82) is 0 Å². The molecule has 1 aromatic carbocycles. The number of rotatable bonds is 3. The zero-order chi connectivity index (χ0) is 10.7. The monoisotopic (exact) mass is 258 g/mol. The van der Waals surface area contributed by atoms with E-state index < -0.39 is 0 Å². The molecule has 0 saturated heterocycles. The van der Waals surface area contributed by atoms with Gasteiger partial charge in [-0.1, -0.05) is 23.4 Å². The van der Waals surface area contributed by atoms with Gasteiger partial charge in [0.15, 0.2) is 10.2 Å². The average molecular weight is 259 g/mol. The minimum absolute atomic E-state index is 0.459. The van der Waals surface area contributed by atoms with Crippen LogP contribution in [0.25, 0.3) is 0 Å². The molecular formula is C9H7ClN2OS2. The molecule has 0 spiro atoms. The quantitative estimate of drug-likeness (QED) is 0.846. The molecule has 0 atom stereocenters. The molecular weight excluding hydrogens is 252 g/mol. The molecule has 0 aliphatic heterocycles. The molecule has 1 aromatic heterocycles. The minimum atomic E-state index is 0.459. The van der Waals surface area contributed by atoms with Gasteiger partial charge < -0.3 is 4.74 Å². The third-order valence-corrected chi connectivity index (χ3v) is 3.80. The van der Waals surface area contributed by atoms with Crippen LogP contribution in [0.4, 0.5) is 0 Å². The molecule has 15 heavy (non-hydrogen) atoms. The van der Waals surface area contributed by atoms with Gasteiger partial charge in [-0.3, -0.25) is 0 Å². The van der Waals surface area contributed by atoms with E-state index in [1.165, 1.54) is 11.8 Å². The molecule has 0 radical (unpaired) electrons. The smallest absolute Gasteiger partial charge is 0.177 e. The summed E-state index contributed by atoms with van der Waals surface area (Å²) in [6.45, 7) is 0. The first-order chi connectivity index (χ1) is 7.29. The second-order valence-corrected chi connectivity index (χ2v) is 4.59. The van der Waals surface area contributed by atoms with Crippen LogP contribution >= 0.6 is 35.1 Å². The molecule has 78 valence electrons. The molecule has 3 nitrogen and oxygen atoms in total. The fourth-order valence-corrected chi connectivity index (χ4v) is 2.58. The van der Waals surface area contributed by atoms with Crippen molar-refractivity contribution < 1.29 is 4.74 Å². The molecule has 0 N–H and O–H groups in total. The fraction of sp³-hybridized carbons (Fsp3) is 0.111. The SMILES string of the molecule is COc1ccc(Sc2nsnc2Cl)cc1. The summed E-state index contributed by atoms with van der Waals surface area (Å²) in [6, 6.07) is 7.71. The summed E-state index contributed by atoms with van der Waals surface area (Å²) < 4.78 is 13.0. The van der Waals surface area contributed by atoms with Crippen LogP contribution in [0.5, 0.6) is 5.75 Å². The predicted molar refractivity (Wildman–Crippen MR) is 62.0 cm³/mol. The van der Waals surface area contributed by atoms with E-state index in [-0.39, 0.29) is 0 Å². The van der Waals surface area contributed by atoms with E-state index in [4.69, 9.17) is 16.3 Å². The summed E-state index contributed by atoms with van der Waals surface area (Å²) in [6.07, 6.45) is 0. The van der Waals surface area contributed by atoms with Gasteiger partial charge >= 0.3 is 0 Å². The molecule has 0 aliphatic rings. The highest BCUT2D eigenvalue weighted by atomic mass is 35.5. The molecule has 0 amide bonds. The average Bonchev–Trinajstić information content (AvgIpc) is 2.66. The number of methoxy groups -OCH3 is 1. The standard InChI is InChI=1S/C9H7ClN2OS2/c1-13-6-2-4-7(5-3-6)14-9-8(10)11-15-12-9/h2-5H,1H3. The first-order valence-corrected chi connectivity index (χ1v) is 6.02. The van der Waals surface area contributed by atoms with Gasteiger partial charge in [0.05, 0.1) is 18.8 Å². The van der Waals surface area contributed by atoms with Crippen molar-refractivity contribution in [1.82, 2.24) is 8.75 Å². The van der Waals surface area contributed by atoms with Crippen LogP contribution in [0.1, 0.15) is 0 Å². The van der Waals surface area contributed by atoms with E-state index in [9.17, 15) is 0 Å². The number of halogens is 1. The highest BCUT2D eigenvalue weighted by Crippen LogP contribution is 2.32. The van der Waals surface area contributed by atoms with Crippen LogP contribution in [0.2, 0.25) is 5.15 Å². The van der Waals surface area contributed by atoms with Gasteiger partial charge in [0.25, 0.3) is 0 Å². The zero-order valence-corrected chi connectivity index (χ0v) is 10.2. The normalized spacial score (nSPS) is 10.3. The minimum Gasteiger partial charge on any atom is -0.497 e. The third-order valence-electron chi connectivity index (χ3n) is 1.70. The van der Waals surface area contributed by atoms with Crippen LogP contribution in [-0.4, -0.2) is 15.9 Å². The van der Waals surface area contributed by atoms with E-state index in [2.05, 4.69) is 8.75 Å². The lowest BCUT2D eigenvalue weighted by atomic mass is 10.3. The van der Waals surface area contributed by atoms with Crippen molar-refractivity contribution in [3.63, 3.8) is 0 Å². The second-order valence-electron chi connectivity index (χ2n) is 2.64. The predicted octanol–water partition coefficient (Wildman–Crippen LogP) is 3.35. The van der Waals surface area contributed by atoms with Crippen LogP contribution < -0.4 is 4.74 Å². The maximum atomic E-state index is 5.84. The molecule has 0 aliphatic carbocycles. The van der Waals surface area contributed by atoms with E-state index in [1.807, 2.05) is 24.3 Å². The second kappa shape index (κ2) is 4.83. The van der Waals surface area contributed by atoms with Crippen molar-refractivity contribution in [3.05, 3.63) is 29.4 Å².